The number of carbonyl (C=O) groups excluding carboxylic acids is 1. The van der Waals surface area contributed by atoms with E-state index in [-0.39, 0.29) is 5.78 Å². The monoisotopic (exact) mass is 388 g/mol. The molecular weight excluding hydrogens is 364 g/mol. The predicted octanol–water partition coefficient (Wildman–Crippen LogP) is 4.99. The standard InChI is InChI=1S/C20H24N2O2S2/c1-14-11-17(15(2)22(14)9-6-10-24-3)19(23)13-26-20-21-18-8-5-4-7-16(18)12-25-20/h4-5,7-8,11H,6,9-10,12-13H2,1-3H3. The zero-order valence-electron chi connectivity index (χ0n) is 15.4. The van der Waals surface area contributed by atoms with Gasteiger partial charge in [0.25, 0.3) is 0 Å². The second-order valence-electron chi connectivity index (χ2n) is 6.29. The van der Waals surface area contributed by atoms with Crippen molar-refractivity contribution in [2.75, 3.05) is 19.5 Å². The van der Waals surface area contributed by atoms with Crippen LogP contribution in [-0.4, -0.2) is 34.2 Å². The Kier molecular flexibility index (Phi) is 6.62. The van der Waals surface area contributed by atoms with Gasteiger partial charge in [-0.25, -0.2) is 4.99 Å². The summed E-state index contributed by atoms with van der Waals surface area (Å²) < 4.78 is 8.32. The Bertz CT molecular complexity index is 827. The molecule has 1 aliphatic rings. The number of aliphatic imine (C=N–C) groups is 1. The lowest BCUT2D eigenvalue weighted by molar-refractivity contribution is 0.102. The van der Waals surface area contributed by atoms with Crippen LogP contribution >= 0.6 is 23.5 Å². The molecule has 0 radical (unpaired) electrons. The van der Waals surface area contributed by atoms with E-state index in [0.29, 0.717) is 5.75 Å². The quantitative estimate of drug-likeness (QED) is 0.495. The Balaban J connectivity index is 1.64. The van der Waals surface area contributed by atoms with Crippen LogP contribution in [0.3, 0.4) is 0 Å². The fourth-order valence-corrected chi connectivity index (χ4v) is 5.03. The van der Waals surface area contributed by atoms with E-state index in [1.807, 2.05) is 31.2 Å². The highest BCUT2D eigenvalue weighted by Gasteiger charge is 2.18. The molecule has 0 spiro atoms. The van der Waals surface area contributed by atoms with Gasteiger partial charge >= 0.3 is 0 Å². The highest BCUT2D eigenvalue weighted by atomic mass is 32.2. The third kappa shape index (κ3) is 4.42. The number of aromatic nitrogens is 1. The van der Waals surface area contributed by atoms with Crippen LogP contribution in [0.25, 0.3) is 0 Å². The van der Waals surface area contributed by atoms with Crippen LogP contribution in [-0.2, 0) is 17.0 Å². The van der Waals surface area contributed by atoms with E-state index in [2.05, 4.69) is 22.5 Å². The first-order valence-corrected chi connectivity index (χ1v) is 10.7. The van der Waals surface area contributed by atoms with E-state index in [9.17, 15) is 4.79 Å². The molecule has 0 amide bonds. The number of thioether (sulfide) groups is 2. The number of methoxy groups -OCH3 is 1. The van der Waals surface area contributed by atoms with Crippen molar-refractivity contribution in [1.29, 1.82) is 0 Å². The van der Waals surface area contributed by atoms with Gasteiger partial charge in [-0.3, -0.25) is 4.79 Å². The van der Waals surface area contributed by atoms with E-state index >= 15 is 0 Å². The SMILES string of the molecule is COCCCn1c(C)cc(C(=O)CSC2=Nc3ccccc3CS2)c1C. The van der Waals surface area contributed by atoms with Gasteiger partial charge in [0, 0.05) is 43.0 Å². The van der Waals surface area contributed by atoms with Crippen molar-refractivity contribution < 1.29 is 9.53 Å². The first-order valence-electron chi connectivity index (χ1n) is 8.71. The molecule has 1 aromatic heterocycles. The van der Waals surface area contributed by atoms with Crippen LogP contribution in [0.1, 0.15) is 33.7 Å². The number of fused-ring (bicyclic) bond motifs is 1. The van der Waals surface area contributed by atoms with Gasteiger partial charge in [-0.2, -0.15) is 0 Å². The van der Waals surface area contributed by atoms with Crippen LogP contribution in [0.2, 0.25) is 0 Å². The third-order valence-electron chi connectivity index (χ3n) is 4.49. The van der Waals surface area contributed by atoms with Crippen molar-refractivity contribution in [2.24, 2.45) is 4.99 Å². The summed E-state index contributed by atoms with van der Waals surface area (Å²) in [6.07, 6.45) is 0.947. The van der Waals surface area contributed by atoms with Crippen molar-refractivity contribution in [1.82, 2.24) is 4.57 Å². The van der Waals surface area contributed by atoms with Crippen molar-refractivity contribution in [3.8, 4) is 0 Å². The van der Waals surface area contributed by atoms with Gasteiger partial charge in [-0.05, 0) is 38.0 Å². The molecule has 2 heterocycles. The molecule has 1 aliphatic heterocycles. The summed E-state index contributed by atoms with van der Waals surface area (Å²) in [5.41, 5.74) is 5.29. The van der Waals surface area contributed by atoms with Crippen LogP contribution in [0.5, 0.6) is 0 Å². The molecule has 0 saturated carbocycles. The second-order valence-corrected chi connectivity index (χ2v) is 8.48. The largest absolute Gasteiger partial charge is 0.385 e. The van der Waals surface area contributed by atoms with Gasteiger partial charge in [0.2, 0.25) is 0 Å². The Hall–Kier alpha value is -1.50. The number of benzene rings is 1. The van der Waals surface area contributed by atoms with E-state index in [4.69, 9.17) is 4.74 Å². The molecular formula is C20H24N2O2S2. The molecule has 4 nitrogen and oxygen atoms in total. The average molecular weight is 389 g/mol. The highest BCUT2D eigenvalue weighted by Crippen LogP contribution is 2.34. The summed E-state index contributed by atoms with van der Waals surface area (Å²) in [6, 6.07) is 10.2. The smallest absolute Gasteiger partial charge is 0.174 e. The highest BCUT2D eigenvalue weighted by molar-refractivity contribution is 8.38. The molecule has 0 atom stereocenters. The fraction of sp³-hybridized carbons (Fsp3) is 0.400. The van der Waals surface area contributed by atoms with Crippen LogP contribution in [0.4, 0.5) is 5.69 Å². The zero-order chi connectivity index (χ0) is 18.5. The lowest BCUT2D eigenvalue weighted by Gasteiger charge is -2.14. The van der Waals surface area contributed by atoms with Crippen LogP contribution in [0, 0.1) is 13.8 Å². The summed E-state index contributed by atoms with van der Waals surface area (Å²) in [5.74, 6) is 1.52. The molecule has 2 aromatic rings. The molecule has 0 N–H and O–H groups in total. The normalized spacial score (nSPS) is 13.4. The van der Waals surface area contributed by atoms with Crippen molar-refractivity contribution >= 4 is 39.4 Å². The molecule has 138 valence electrons. The Morgan fingerprint density at radius 1 is 1.35 bits per heavy atom. The maximum absolute atomic E-state index is 12.7. The molecule has 6 heteroatoms. The van der Waals surface area contributed by atoms with E-state index in [0.717, 1.165) is 52.3 Å². The number of ether oxygens (including phenoxy) is 1. The van der Waals surface area contributed by atoms with Crippen molar-refractivity contribution in [2.45, 2.75) is 32.6 Å². The summed E-state index contributed by atoms with van der Waals surface area (Å²) >= 11 is 3.25. The van der Waals surface area contributed by atoms with E-state index in [1.165, 1.54) is 5.56 Å². The first-order chi connectivity index (χ1) is 12.6. The summed E-state index contributed by atoms with van der Waals surface area (Å²) in [4.78, 5) is 17.4. The minimum absolute atomic E-state index is 0.170. The number of hydrogen-bond acceptors (Lipinski definition) is 5. The molecule has 0 unspecified atom stereocenters. The number of hydrogen-bond donors (Lipinski definition) is 0. The lowest BCUT2D eigenvalue weighted by atomic mass is 10.2. The Labute approximate surface area is 163 Å². The number of rotatable bonds is 7. The Morgan fingerprint density at radius 2 is 2.15 bits per heavy atom. The predicted molar refractivity (Wildman–Crippen MR) is 112 cm³/mol. The van der Waals surface area contributed by atoms with Gasteiger partial charge in [0.05, 0.1) is 11.4 Å². The molecule has 1 aromatic carbocycles. The van der Waals surface area contributed by atoms with Crippen LogP contribution < -0.4 is 0 Å². The lowest BCUT2D eigenvalue weighted by Crippen LogP contribution is -2.09. The van der Waals surface area contributed by atoms with E-state index in [1.54, 1.807) is 30.6 Å². The third-order valence-corrected chi connectivity index (χ3v) is 6.73. The molecule has 26 heavy (non-hydrogen) atoms. The molecule has 0 bridgehead atoms. The van der Waals surface area contributed by atoms with Crippen molar-refractivity contribution in [3.05, 3.63) is 52.8 Å². The number of aryl methyl sites for hydroxylation is 1. The minimum atomic E-state index is 0.170. The minimum Gasteiger partial charge on any atom is -0.385 e. The number of carbonyl (C=O) groups is 1. The molecule has 0 fully saturated rings. The van der Waals surface area contributed by atoms with Crippen LogP contribution in [0.15, 0.2) is 35.3 Å². The zero-order valence-corrected chi connectivity index (χ0v) is 17.1. The first kappa shape index (κ1) is 19.3. The average Bonchev–Trinajstić information content (AvgIpc) is 2.94. The maximum Gasteiger partial charge on any atom is 0.174 e. The summed E-state index contributed by atoms with van der Waals surface area (Å²) in [6.45, 7) is 5.70. The topological polar surface area (TPSA) is 43.6 Å². The van der Waals surface area contributed by atoms with Gasteiger partial charge in [0.15, 0.2) is 5.78 Å². The Morgan fingerprint density at radius 3 is 2.96 bits per heavy atom. The second kappa shape index (κ2) is 8.93. The number of ketones is 1. The summed E-state index contributed by atoms with van der Waals surface area (Å²) in [7, 11) is 1.71. The van der Waals surface area contributed by atoms with Gasteiger partial charge in [0.1, 0.15) is 4.38 Å². The number of para-hydroxylation sites is 1. The fourth-order valence-electron chi connectivity index (χ4n) is 3.09. The van der Waals surface area contributed by atoms with E-state index < -0.39 is 0 Å². The molecule has 3 rings (SSSR count). The van der Waals surface area contributed by atoms with Crippen molar-refractivity contribution in [3.63, 3.8) is 0 Å². The molecule has 0 saturated heterocycles. The van der Waals surface area contributed by atoms with Gasteiger partial charge in [-0.15, -0.1) is 0 Å². The van der Waals surface area contributed by atoms with Gasteiger partial charge < -0.3 is 9.30 Å². The number of nitrogens with zero attached hydrogens (tertiary/aromatic N) is 2. The maximum atomic E-state index is 12.7. The molecule has 0 aliphatic carbocycles. The van der Waals surface area contributed by atoms with Gasteiger partial charge in [-0.1, -0.05) is 41.7 Å². The summed E-state index contributed by atoms with van der Waals surface area (Å²) in [5, 5.41) is 0. The number of Topliss-reactive ketones (excluding diaryl/α,β-unsaturated/α-hetero) is 1.